The van der Waals surface area contributed by atoms with Crippen molar-refractivity contribution in [3.63, 3.8) is 0 Å². The van der Waals surface area contributed by atoms with E-state index in [1.807, 2.05) is 12.1 Å². The fourth-order valence-corrected chi connectivity index (χ4v) is 1.35. The van der Waals surface area contributed by atoms with Crippen LogP contribution in [-0.4, -0.2) is 15.0 Å². The number of rotatable bonds is 3. The van der Waals surface area contributed by atoms with Crippen LogP contribution in [0, 0.1) is 6.92 Å². The van der Waals surface area contributed by atoms with Gasteiger partial charge >= 0.3 is 0 Å². The Morgan fingerprint density at radius 1 is 1.38 bits per heavy atom. The molecule has 0 aliphatic heterocycles. The van der Waals surface area contributed by atoms with E-state index in [0.717, 1.165) is 5.56 Å². The minimum atomic E-state index is -0.148. The number of aromatic nitrogens is 3. The van der Waals surface area contributed by atoms with Gasteiger partial charge in [-0.25, -0.2) is 4.98 Å². The van der Waals surface area contributed by atoms with Crippen LogP contribution in [0.5, 0.6) is 0 Å². The van der Waals surface area contributed by atoms with Gasteiger partial charge in [0.1, 0.15) is 0 Å². The van der Waals surface area contributed by atoms with Crippen molar-refractivity contribution in [2.24, 2.45) is 0 Å². The summed E-state index contributed by atoms with van der Waals surface area (Å²) >= 11 is 0. The molecule has 2 aromatic rings. The van der Waals surface area contributed by atoms with Crippen molar-refractivity contribution in [1.29, 1.82) is 0 Å². The number of nitrogens with zero attached hydrogens (tertiary/aromatic N) is 2. The second-order valence-electron chi connectivity index (χ2n) is 3.44. The van der Waals surface area contributed by atoms with Crippen molar-refractivity contribution < 1.29 is 0 Å². The van der Waals surface area contributed by atoms with E-state index in [2.05, 4.69) is 20.3 Å². The smallest absolute Gasteiger partial charge is 0.252 e. The molecule has 0 saturated carbocycles. The summed E-state index contributed by atoms with van der Waals surface area (Å²) in [6, 6.07) is 5.26. The Kier molecular flexibility index (Phi) is 2.95. The SMILES string of the molecule is Cc1cc(=O)[nH]c(NCc2ccncc2)n1. The molecule has 82 valence electrons. The molecule has 2 heterocycles. The summed E-state index contributed by atoms with van der Waals surface area (Å²) in [5, 5.41) is 3.05. The maximum atomic E-state index is 11.2. The van der Waals surface area contributed by atoms with Gasteiger partial charge in [0.25, 0.3) is 5.56 Å². The largest absolute Gasteiger partial charge is 0.352 e. The predicted octanol–water partition coefficient (Wildman–Crippen LogP) is 1.09. The van der Waals surface area contributed by atoms with E-state index in [1.54, 1.807) is 19.3 Å². The van der Waals surface area contributed by atoms with Gasteiger partial charge in [-0.3, -0.25) is 14.8 Å². The molecule has 2 rings (SSSR count). The lowest BCUT2D eigenvalue weighted by Crippen LogP contribution is -2.12. The Labute approximate surface area is 92.6 Å². The topological polar surface area (TPSA) is 70.7 Å². The summed E-state index contributed by atoms with van der Waals surface area (Å²) in [7, 11) is 0. The zero-order valence-corrected chi connectivity index (χ0v) is 8.90. The summed E-state index contributed by atoms with van der Waals surface area (Å²) < 4.78 is 0. The van der Waals surface area contributed by atoms with Gasteiger partial charge in [-0.05, 0) is 24.6 Å². The molecular weight excluding hydrogens is 204 g/mol. The monoisotopic (exact) mass is 216 g/mol. The van der Waals surface area contributed by atoms with Crippen molar-refractivity contribution in [1.82, 2.24) is 15.0 Å². The van der Waals surface area contributed by atoms with E-state index in [1.165, 1.54) is 6.07 Å². The van der Waals surface area contributed by atoms with Gasteiger partial charge in [-0.1, -0.05) is 0 Å². The highest BCUT2D eigenvalue weighted by Crippen LogP contribution is 2.01. The van der Waals surface area contributed by atoms with E-state index in [0.29, 0.717) is 18.2 Å². The van der Waals surface area contributed by atoms with Crippen LogP contribution in [0.15, 0.2) is 35.4 Å². The van der Waals surface area contributed by atoms with Crippen LogP contribution in [0.4, 0.5) is 5.95 Å². The summed E-state index contributed by atoms with van der Waals surface area (Å²) in [5.74, 6) is 0.488. The Hall–Kier alpha value is -2.17. The molecule has 0 spiro atoms. The lowest BCUT2D eigenvalue weighted by atomic mass is 10.3. The molecule has 0 amide bonds. The molecule has 0 radical (unpaired) electrons. The fourth-order valence-electron chi connectivity index (χ4n) is 1.35. The summed E-state index contributed by atoms with van der Waals surface area (Å²) in [5.41, 5.74) is 1.63. The van der Waals surface area contributed by atoms with Crippen LogP contribution in [0.2, 0.25) is 0 Å². The lowest BCUT2D eigenvalue weighted by Gasteiger charge is -2.05. The molecule has 0 atom stereocenters. The molecule has 0 saturated heterocycles. The van der Waals surface area contributed by atoms with E-state index in [9.17, 15) is 4.79 Å². The molecule has 0 bridgehead atoms. The number of H-pyrrole nitrogens is 1. The number of pyridine rings is 1. The number of hydrogen-bond donors (Lipinski definition) is 2. The Morgan fingerprint density at radius 3 is 2.81 bits per heavy atom. The summed E-state index contributed by atoms with van der Waals surface area (Å²) in [6.45, 7) is 2.39. The van der Waals surface area contributed by atoms with Crippen LogP contribution >= 0.6 is 0 Å². The first-order valence-corrected chi connectivity index (χ1v) is 4.95. The first kappa shape index (κ1) is 10.4. The third kappa shape index (κ3) is 2.66. The first-order valence-electron chi connectivity index (χ1n) is 4.95. The van der Waals surface area contributed by atoms with Gasteiger partial charge in [0.15, 0.2) is 0 Å². The average molecular weight is 216 g/mol. The van der Waals surface area contributed by atoms with E-state index in [-0.39, 0.29) is 5.56 Å². The van der Waals surface area contributed by atoms with E-state index < -0.39 is 0 Å². The molecule has 0 aromatic carbocycles. The zero-order valence-electron chi connectivity index (χ0n) is 8.90. The van der Waals surface area contributed by atoms with Gasteiger partial charge in [-0.15, -0.1) is 0 Å². The van der Waals surface area contributed by atoms with Crippen molar-refractivity contribution in [2.75, 3.05) is 5.32 Å². The molecule has 0 fully saturated rings. The number of hydrogen-bond acceptors (Lipinski definition) is 4. The number of aromatic amines is 1. The fraction of sp³-hybridized carbons (Fsp3) is 0.182. The molecule has 5 nitrogen and oxygen atoms in total. The molecule has 2 aromatic heterocycles. The minimum absolute atomic E-state index is 0.148. The second-order valence-corrected chi connectivity index (χ2v) is 3.44. The van der Waals surface area contributed by atoms with Crippen LogP contribution in [0.3, 0.4) is 0 Å². The van der Waals surface area contributed by atoms with Crippen LogP contribution < -0.4 is 10.9 Å². The number of aryl methyl sites for hydroxylation is 1. The number of anilines is 1. The second kappa shape index (κ2) is 4.57. The third-order valence-corrected chi connectivity index (χ3v) is 2.08. The summed E-state index contributed by atoms with van der Waals surface area (Å²) in [6.07, 6.45) is 3.45. The highest BCUT2D eigenvalue weighted by Gasteiger charge is 1.97. The quantitative estimate of drug-likeness (QED) is 0.805. The highest BCUT2D eigenvalue weighted by atomic mass is 16.1. The average Bonchev–Trinajstić information content (AvgIpc) is 2.27. The first-order chi connectivity index (χ1) is 7.74. The van der Waals surface area contributed by atoms with Gasteiger partial charge < -0.3 is 5.32 Å². The number of nitrogens with one attached hydrogen (secondary N) is 2. The Morgan fingerprint density at radius 2 is 2.12 bits per heavy atom. The lowest BCUT2D eigenvalue weighted by molar-refractivity contribution is 1.01. The van der Waals surface area contributed by atoms with Crippen molar-refractivity contribution in [3.05, 3.63) is 52.2 Å². The van der Waals surface area contributed by atoms with Gasteiger partial charge in [0.2, 0.25) is 5.95 Å². The van der Waals surface area contributed by atoms with E-state index >= 15 is 0 Å². The Balaban J connectivity index is 2.08. The normalized spacial score (nSPS) is 10.1. The van der Waals surface area contributed by atoms with Crippen molar-refractivity contribution >= 4 is 5.95 Å². The molecule has 2 N–H and O–H groups in total. The van der Waals surface area contributed by atoms with E-state index in [4.69, 9.17) is 0 Å². The highest BCUT2D eigenvalue weighted by molar-refractivity contribution is 5.27. The maximum absolute atomic E-state index is 11.2. The molecule has 5 heteroatoms. The van der Waals surface area contributed by atoms with Crippen LogP contribution in [-0.2, 0) is 6.54 Å². The molecule has 0 unspecified atom stereocenters. The zero-order chi connectivity index (χ0) is 11.4. The van der Waals surface area contributed by atoms with Gasteiger partial charge in [-0.2, -0.15) is 0 Å². The minimum Gasteiger partial charge on any atom is -0.352 e. The summed E-state index contributed by atoms with van der Waals surface area (Å²) in [4.78, 5) is 21.9. The van der Waals surface area contributed by atoms with Gasteiger partial charge in [0, 0.05) is 30.7 Å². The van der Waals surface area contributed by atoms with Crippen LogP contribution in [0.1, 0.15) is 11.3 Å². The molecule has 16 heavy (non-hydrogen) atoms. The molecule has 0 aliphatic rings. The van der Waals surface area contributed by atoms with Crippen molar-refractivity contribution in [3.8, 4) is 0 Å². The van der Waals surface area contributed by atoms with Crippen LogP contribution in [0.25, 0.3) is 0 Å². The standard InChI is InChI=1S/C11H12N4O/c1-8-6-10(16)15-11(14-8)13-7-9-2-4-12-5-3-9/h2-6H,7H2,1H3,(H2,13,14,15,16). The molecular formula is C11H12N4O. The van der Waals surface area contributed by atoms with Gasteiger partial charge in [0.05, 0.1) is 0 Å². The third-order valence-electron chi connectivity index (χ3n) is 2.08. The molecule has 0 aliphatic carbocycles. The Bertz CT molecular complexity index is 521. The predicted molar refractivity (Wildman–Crippen MR) is 61.2 cm³/mol. The van der Waals surface area contributed by atoms with Crippen molar-refractivity contribution in [2.45, 2.75) is 13.5 Å². The maximum Gasteiger partial charge on any atom is 0.252 e.